The van der Waals surface area contributed by atoms with Gasteiger partial charge in [-0.15, -0.1) is 0 Å². The van der Waals surface area contributed by atoms with Crippen LogP contribution in [0.1, 0.15) is 46.0 Å². The number of halogens is 1. The van der Waals surface area contributed by atoms with Crippen molar-refractivity contribution in [1.29, 1.82) is 0 Å². The maximum Gasteiger partial charge on any atom is 0.302 e. The van der Waals surface area contributed by atoms with Crippen LogP contribution in [0.5, 0.6) is 0 Å². The summed E-state index contributed by atoms with van der Waals surface area (Å²) < 4.78 is 6.25. The minimum absolute atomic E-state index is 0.147. The molecule has 0 saturated heterocycles. The molecule has 0 spiro atoms. The minimum Gasteiger partial charge on any atom is -0.463 e. The quantitative estimate of drug-likeness (QED) is 0.312. The van der Waals surface area contributed by atoms with Crippen LogP contribution < -0.4 is 0 Å². The lowest BCUT2D eigenvalue weighted by atomic mass is 10.1. The van der Waals surface area contributed by atoms with Gasteiger partial charge in [0, 0.05) is 11.4 Å². The first-order valence-electron chi connectivity index (χ1n) is 4.93. The topological polar surface area (TPSA) is 26.3 Å². The number of carbonyl (C=O) groups is 1. The first-order chi connectivity index (χ1) is 6.20. The molecule has 0 rings (SSSR count). The second-order valence-corrected chi connectivity index (χ2v) is 4.28. The van der Waals surface area contributed by atoms with Gasteiger partial charge in [0.25, 0.3) is 0 Å². The van der Waals surface area contributed by atoms with E-state index >= 15 is 0 Å². The monoisotopic (exact) mass is 298 g/mol. The van der Waals surface area contributed by atoms with E-state index in [1.807, 2.05) is 0 Å². The second-order valence-electron chi connectivity index (χ2n) is 3.20. The lowest BCUT2D eigenvalue weighted by molar-refractivity contribution is -0.146. The molecule has 0 radical (unpaired) electrons. The molecule has 2 nitrogen and oxygen atoms in total. The van der Waals surface area contributed by atoms with Crippen LogP contribution in [0.3, 0.4) is 0 Å². The van der Waals surface area contributed by atoms with E-state index in [2.05, 4.69) is 29.5 Å². The van der Waals surface area contributed by atoms with Crippen LogP contribution >= 0.6 is 22.6 Å². The van der Waals surface area contributed by atoms with Gasteiger partial charge in [-0.05, 0) is 19.3 Å². The van der Waals surface area contributed by atoms with Gasteiger partial charge in [-0.1, -0.05) is 42.4 Å². The molecule has 78 valence electrons. The number of hydrogen-bond acceptors (Lipinski definition) is 2. The van der Waals surface area contributed by atoms with Crippen molar-refractivity contribution in [3.05, 3.63) is 0 Å². The van der Waals surface area contributed by atoms with E-state index in [0.717, 1.165) is 17.3 Å². The molecule has 0 aromatic heterocycles. The average molecular weight is 298 g/mol. The van der Waals surface area contributed by atoms with Crippen molar-refractivity contribution < 1.29 is 9.53 Å². The van der Waals surface area contributed by atoms with Gasteiger partial charge < -0.3 is 4.74 Å². The lowest BCUT2D eigenvalue weighted by Gasteiger charge is -2.15. The molecule has 0 aromatic carbocycles. The van der Waals surface area contributed by atoms with E-state index in [1.165, 1.54) is 26.2 Å². The Hall–Kier alpha value is 0.200. The molecule has 13 heavy (non-hydrogen) atoms. The number of ether oxygens (including phenoxy) is 1. The smallest absolute Gasteiger partial charge is 0.302 e. The first kappa shape index (κ1) is 13.2. The van der Waals surface area contributed by atoms with Gasteiger partial charge in [0.1, 0.15) is 6.10 Å². The van der Waals surface area contributed by atoms with Crippen molar-refractivity contribution in [2.75, 3.05) is 4.43 Å². The number of rotatable bonds is 7. The number of carbonyl (C=O) groups excluding carboxylic acids is 1. The molecule has 0 amide bonds. The van der Waals surface area contributed by atoms with Crippen molar-refractivity contribution in [3.8, 4) is 0 Å². The minimum atomic E-state index is -0.147. The average Bonchev–Trinajstić information content (AvgIpc) is 2.04. The number of hydrogen-bond donors (Lipinski definition) is 0. The molecule has 0 bridgehead atoms. The third kappa shape index (κ3) is 8.53. The highest BCUT2D eigenvalue weighted by molar-refractivity contribution is 14.1. The molecule has 0 saturated carbocycles. The molecule has 1 atom stereocenters. The van der Waals surface area contributed by atoms with Gasteiger partial charge >= 0.3 is 5.97 Å². The molecule has 0 aliphatic carbocycles. The van der Waals surface area contributed by atoms with E-state index < -0.39 is 0 Å². The van der Waals surface area contributed by atoms with Gasteiger partial charge in [-0.3, -0.25) is 4.79 Å². The van der Waals surface area contributed by atoms with Gasteiger partial charge in [-0.2, -0.15) is 0 Å². The first-order valence-corrected chi connectivity index (χ1v) is 6.46. The van der Waals surface area contributed by atoms with Crippen LogP contribution in [0.15, 0.2) is 0 Å². The molecule has 3 heteroatoms. The lowest BCUT2D eigenvalue weighted by Crippen LogP contribution is -2.16. The molecule has 0 aliphatic rings. The van der Waals surface area contributed by atoms with Crippen molar-refractivity contribution in [2.45, 2.75) is 52.1 Å². The molecule has 0 N–H and O–H groups in total. The maximum absolute atomic E-state index is 10.7. The Morgan fingerprint density at radius 2 is 2.08 bits per heavy atom. The summed E-state index contributed by atoms with van der Waals surface area (Å²) in [5, 5.41) is 0. The molecule has 0 heterocycles. The van der Waals surface area contributed by atoms with E-state index in [9.17, 15) is 4.79 Å². The van der Waals surface area contributed by atoms with Crippen LogP contribution in [0.2, 0.25) is 0 Å². The second kappa shape index (κ2) is 8.78. The predicted octanol–water partition coefficient (Wildman–Crippen LogP) is 3.32. The SMILES string of the molecule is CCCCCC(CCI)OC(C)=O. The Morgan fingerprint density at radius 3 is 2.54 bits per heavy atom. The Labute approximate surface area is 94.6 Å². The van der Waals surface area contributed by atoms with E-state index in [-0.39, 0.29) is 12.1 Å². The van der Waals surface area contributed by atoms with Crippen molar-refractivity contribution in [2.24, 2.45) is 0 Å². The summed E-state index contributed by atoms with van der Waals surface area (Å²) in [6, 6.07) is 0. The van der Waals surface area contributed by atoms with Crippen molar-refractivity contribution >= 4 is 28.6 Å². The largest absolute Gasteiger partial charge is 0.463 e. The van der Waals surface area contributed by atoms with Crippen LogP contribution in [-0.4, -0.2) is 16.5 Å². The zero-order valence-corrected chi connectivity index (χ0v) is 10.7. The Kier molecular flexibility index (Phi) is 8.92. The van der Waals surface area contributed by atoms with Gasteiger partial charge in [-0.25, -0.2) is 0 Å². The number of esters is 1. The number of alkyl halides is 1. The fourth-order valence-electron chi connectivity index (χ4n) is 1.24. The zero-order valence-electron chi connectivity index (χ0n) is 8.51. The summed E-state index contributed by atoms with van der Waals surface area (Å²) in [5.41, 5.74) is 0. The molecule has 0 aromatic rings. The van der Waals surface area contributed by atoms with Crippen molar-refractivity contribution in [1.82, 2.24) is 0 Å². The summed E-state index contributed by atoms with van der Waals surface area (Å²) in [4.78, 5) is 10.7. The molecular weight excluding hydrogens is 279 g/mol. The zero-order chi connectivity index (χ0) is 10.1. The summed E-state index contributed by atoms with van der Waals surface area (Å²) >= 11 is 2.32. The fraction of sp³-hybridized carbons (Fsp3) is 0.900. The predicted molar refractivity (Wildman–Crippen MR) is 63.2 cm³/mol. The summed E-state index contributed by atoms with van der Waals surface area (Å²) in [6.45, 7) is 3.67. The van der Waals surface area contributed by atoms with Crippen LogP contribution in [-0.2, 0) is 9.53 Å². The van der Waals surface area contributed by atoms with Crippen LogP contribution in [0.25, 0.3) is 0 Å². The Balaban J connectivity index is 3.59. The highest BCUT2D eigenvalue weighted by atomic mass is 127. The maximum atomic E-state index is 10.7. The highest BCUT2D eigenvalue weighted by Gasteiger charge is 2.10. The van der Waals surface area contributed by atoms with E-state index in [4.69, 9.17) is 4.74 Å². The van der Waals surface area contributed by atoms with Gasteiger partial charge in [0.15, 0.2) is 0 Å². The third-order valence-electron chi connectivity index (χ3n) is 1.89. The Morgan fingerprint density at radius 1 is 1.38 bits per heavy atom. The van der Waals surface area contributed by atoms with Crippen molar-refractivity contribution in [3.63, 3.8) is 0 Å². The highest BCUT2D eigenvalue weighted by Crippen LogP contribution is 2.11. The standard InChI is InChI=1S/C10H19IO2/c1-3-4-5-6-10(7-8-11)13-9(2)12/h10H,3-8H2,1-2H3. The van der Waals surface area contributed by atoms with Crippen LogP contribution in [0.4, 0.5) is 0 Å². The number of unbranched alkanes of at least 4 members (excludes halogenated alkanes) is 2. The molecule has 1 unspecified atom stereocenters. The van der Waals surface area contributed by atoms with Crippen LogP contribution in [0, 0.1) is 0 Å². The summed E-state index contributed by atoms with van der Waals surface area (Å²) in [7, 11) is 0. The van der Waals surface area contributed by atoms with Gasteiger partial charge in [0.2, 0.25) is 0 Å². The summed E-state index contributed by atoms with van der Waals surface area (Å²) in [5.74, 6) is -0.147. The summed E-state index contributed by atoms with van der Waals surface area (Å²) in [6.07, 6.45) is 5.79. The molecule has 0 fully saturated rings. The third-order valence-corrected chi connectivity index (χ3v) is 2.52. The van der Waals surface area contributed by atoms with E-state index in [0.29, 0.717) is 0 Å². The fourth-order valence-corrected chi connectivity index (χ4v) is 1.94. The molecular formula is C10H19IO2. The normalized spacial score (nSPS) is 12.5. The molecule has 0 aliphatic heterocycles. The van der Waals surface area contributed by atoms with Gasteiger partial charge in [0.05, 0.1) is 0 Å². The van der Waals surface area contributed by atoms with E-state index in [1.54, 1.807) is 0 Å². The Bertz CT molecular complexity index is 137.